The first kappa shape index (κ1) is 13.8. The molecular formula is C16H22FNO2. The van der Waals surface area contributed by atoms with Crippen LogP contribution in [0.3, 0.4) is 0 Å². The molecule has 2 aliphatic rings. The van der Waals surface area contributed by atoms with Crippen LogP contribution in [0.5, 0.6) is 5.75 Å². The van der Waals surface area contributed by atoms with Gasteiger partial charge in [-0.05, 0) is 43.2 Å². The summed E-state index contributed by atoms with van der Waals surface area (Å²) < 4.78 is 18.8. The fraction of sp³-hybridized carbons (Fsp3) is 0.625. The zero-order valence-corrected chi connectivity index (χ0v) is 11.7. The Balaban J connectivity index is 1.36. The molecule has 110 valence electrons. The van der Waals surface area contributed by atoms with Gasteiger partial charge < -0.3 is 14.7 Å². The highest BCUT2D eigenvalue weighted by Crippen LogP contribution is 2.37. The molecule has 1 unspecified atom stereocenters. The molecule has 1 aliphatic heterocycles. The van der Waals surface area contributed by atoms with Gasteiger partial charge in [0, 0.05) is 19.6 Å². The minimum atomic E-state index is -0.294. The third-order valence-electron chi connectivity index (χ3n) is 4.51. The van der Waals surface area contributed by atoms with E-state index in [-0.39, 0.29) is 11.9 Å². The van der Waals surface area contributed by atoms with Gasteiger partial charge in [0.2, 0.25) is 0 Å². The van der Waals surface area contributed by atoms with Gasteiger partial charge >= 0.3 is 0 Å². The number of rotatable bonds is 5. The summed E-state index contributed by atoms with van der Waals surface area (Å²) in [5.74, 6) is 1.40. The summed E-state index contributed by atoms with van der Waals surface area (Å²) in [7, 11) is 0. The van der Waals surface area contributed by atoms with E-state index in [9.17, 15) is 9.50 Å². The van der Waals surface area contributed by atoms with Crippen molar-refractivity contribution in [2.24, 2.45) is 11.8 Å². The van der Waals surface area contributed by atoms with Gasteiger partial charge in [0.1, 0.15) is 0 Å². The lowest BCUT2D eigenvalue weighted by atomic mass is 10.0. The molecule has 1 saturated heterocycles. The van der Waals surface area contributed by atoms with E-state index < -0.39 is 0 Å². The van der Waals surface area contributed by atoms with Crippen molar-refractivity contribution >= 4 is 0 Å². The summed E-state index contributed by atoms with van der Waals surface area (Å²) in [5.41, 5.74) is 0. The molecule has 1 aromatic rings. The Morgan fingerprint density at radius 1 is 1.20 bits per heavy atom. The van der Waals surface area contributed by atoms with Crippen molar-refractivity contribution in [2.75, 3.05) is 26.2 Å². The molecule has 3 atom stereocenters. The lowest BCUT2D eigenvalue weighted by Gasteiger charge is -2.17. The van der Waals surface area contributed by atoms with E-state index in [1.165, 1.54) is 6.07 Å². The van der Waals surface area contributed by atoms with Gasteiger partial charge in [-0.15, -0.1) is 0 Å². The summed E-state index contributed by atoms with van der Waals surface area (Å²) in [6.45, 7) is 3.75. The summed E-state index contributed by atoms with van der Waals surface area (Å²) in [5, 5.41) is 9.61. The second-order valence-electron chi connectivity index (χ2n) is 6.04. The second kappa shape index (κ2) is 6.10. The zero-order valence-electron chi connectivity index (χ0n) is 11.7. The molecule has 1 aliphatic carbocycles. The molecule has 1 saturated carbocycles. The molecule has 2 fully saturated rings. The Labute approximate surface area is 119 Å². The van der Waals surface area contributed by atoms with E-state index in [1.807, 2.05) is 0 Å². The number of benzene rings is 1. The van der Waals surface area contributed by atoms with Gasteiger partial charge in [-0.25, -0.2) is 4.39 Å². The molecule has 0 radical (unpaired) electrons. The zero-order chi connectivity index (χ0) is 13.9. The number of para-hydroxylation sites is 1. The first-order chi connectivity index (χ1) is 9.72. The fourth-order valence-electron chi connectivity index (χ4n) is 3.58. The topological polar surface area (TPSA) is 32.7 Å². The monoisotopic (exact) mass is 279 g/mol. The normalized spacial score (nSPS) is 29.6. The maximum absolute atomic E-state index is 13.4. The number of nitrogens with zero attached hydrogens (tertiary/aromatic N) is 1. The highest BCUT2D eigenvalue weighted by Gasteiger charge is 2.39. The van der Waals surface area contributed by atoms with Gasteiger partial charge in [0.25, 0.3) is 0 Å². The highest BCUT2D eigenvalue weighted by molar-refractivity contribution is 5.23. The summed E-state index contributed by atoms with van der Waals surface area (Å²) in [6.07, 6.45) is 2.77. The number of hydrogen-bond donors (Lipinski definition) is 1. The molecular weight excluding hydrogens is 257 g/mol. The average Bonchev–Trinajstić information content (AvgIpc) is 2.93. The number of hydrogen-bond acceptors (Lipinski definition) is 3. The highest BCUT2D eigenvalue weighted by atomic mass is 19.1. The van der Waals surface area contributed by atoms with Crippen molar-refractivity contribution < 1.29 is 14.2 Å². The van der Waals surface area contributed by atoms with Crippen LogP contribution in [0.15, 0.2) is 24.3 Å². The maximum atomic E-state index is 13.4. The minimum Gasteiger partial charge on any atom is -0.490 e. The Kier molecular flexibility index (Phi) is 4.22. The van der Waals surface area contributed by atoms with Crippen molar-refractivity contribution in [3.05, 3.63) is 30.1 Å². The van der Waals surface area contributed by atoms with Gasteiger partial charge in [-0.2, -0.15) is 0 Å². The molecule has 3 nitrogen and oxygen atoms in total. The molecule has 0 amide bonds. The van der Waals surface area contributed by atoms with E-state index in [4.69, 9.17) is 4.74 Å². The lowest BCUT2D eigenvalue weighted by Crippen LogP contribution is -2.25. The third-order valence-corrected chi connectivity index (χ3v) is 4.51. The van der Waals surface area contributed by atoms with Gasteiger partial charge in [0.05, 0.1) is 12.7 Å². The summed E-state index contributed by atoms with van der Waals surface area (Å²) in [6, 6.07) is 6.53. The Hall–Kier alpha value is -1.13. The van der Waals surface area contributed by atoms with Crippen LogP contribution in [0, 0.1) is 17.7 Å². The van der Waals surface area contributed by atoms with Crippen LogP contribution < -0.4 is 4.74 Å². The van der Waals surface area contributed by atoms with Crippen LogP contribution in [-0.2, 0) is 0 Å². The quantitative estimate of drug-likeness (QED) is 0.840. The maximum Gasteiger partial charge on any atom is 0.165 e. The summed E-state index contributed by atoms with van der Waals surface area (Å²) >= 11 is 0. The smallest absolute Gasteiger partial charge is 0.165 e. The Morgan fingerprint density at radius 3 is 2.60 bits per heavy atom. The molecule has 1 N–H and O–H groups in total. The Morgan fingerprint density at radius 2 is 1.90 bits per heavy atom. The first-order valence-corrected chi connectivity index (χ1v) is 7.50. The van der Waals surface area contributed by atoms with Gasteiger partial charge in [-0.3, -0.25) is 0 Å². The van der Waals surface area contributed by atoms with Gasteiger partial charge in [-0.1, -0.05) is 12.1 Å². The standard InChI is InChI=1S/C16H22FNO2/c17-15-4-1-2-5-16(15)20-7-3-6-18-10-12-8-14(19)9-13(12)11-18/h1-2,4-5,12-14,19H,3,6-11H2/t12-,13+,14?. The number of likely N-dealkylation sites (tertiary alicyclic amines) is 1. The average molecular weight is 279 g/mol. The van der Waals surface area contributed by atoms with Crippen molar-refractivity contribution in [2.45, 2.75) is 25.4 Å². The molecule has 0 bridgehead atoms. The molecule has 3 rings (SSSR count). The number of aliphatic hydroxyl groups is 1. The lowest BCUT2D eigenvalue weighted by molar-refractivity contribution is 0.160. The molecule has 1 aromatic carbocycles. The largest absolute Gasteiger partial charge is 0.490 e. The molecule has 0 aromatic heterocycles. The number of halogens is 1. The van der Waals surface area contributed by atoms with E-state index >= 15 is 0 Å². The van der Waals surface area contributed by atoms with E-state index in [2.05, 4.69) is 4.90 Å². The predicted molar refractivity (Wildman–Crippen MR) is 75.2 cm³/mol. The van der Waals surface area contributed by atoms with Crippen LogP contribution >= 0.6 is 0 Å². The molecule has 1 heterocycles. The SMILES string of the molecule is OC1C[C@@H]2CN(CCCOc3ccccc3F)C[C@@H]2C1. The van der Waals surface area contributed by atoms with Crippen LogP contribution in [0.4, 0.5) is 4.39 Å². The van der Waals surface area contributed by atoms with Crippen LogP contribution in [0.2, 0.25) is 0 Å². The fourth-order valence-corrected chi connectivity index (χ4v) is 3.58. The van der Waals surface area contributed by atoms with Crippen LogP contribution in [0.1, 0.15) is 19.3 Å². The van der Waals surface area contributed by atoms with Crippen molar-refractivity contribution in [1.82, 2.24) is 4.90 Å². The van der Waals surface area contributed by atoms with E-state index in [0.29, 0.717) is 24.2 Å². The number of ether oxygens (including phenoxy) is 1. The molecule has 0 spiro atoms. The predicted octanol–water partition coefficient (Wildman–Crippen LogP) is 2.30. The third kappa shape index (κ3) is 3.13. The van der Waals surface area contributed by atoms with E-state index in [0.717, 1.165) is 38.9 Å². The van der Waals surface area contributed by atoms with Crippen LogP contribution in [-0.4, -0.2) is 42.4 Å². The Bertz CT molecular complexity index is 440. The van der Waals surface area contributed by atoms with Crippen LogP contribution in [0.25, 0.3) is 0 Å². The van der Waals surface area contributed by atoms with Crippen molar-refractivity contribution in [3.63, 3.8) is 0 Å². The van der Waals surface area contributed by atoms with Crippen molar-refractivity contribution in [1.29, 1.82) is 0 Å². The molecule has 20 heavy (non-hydrogen) atoms. The molecule has 4 heteroatoms. The van der Waals surface area contributed by atoms with E-state index in [1.54, 1.807) is 18.2 Å². The second-order valence-corrected chi connectivity index (χ2v) is 6.04. The van der Waals surface area contributed by atoms with Crippen molar-refractivity contribution in [3.8, 4) is 5.75 Å². The van der Waals surface area contributed by atoms with Gasteiger partial charge in [0.15, 0.2) is 11.6 Å². The summed E-state index contributed by atoms with van der Waals surface area (Å²) in [4.78, 5) is 2.45. The minimum absolute atomic E-state index is 0.0726. The first-order valence-electron chi connectivity index (χ1n) is 7.50. The number of aliphatic hydroxyl groups excluding tert-OH is 1. The number of fused-ring (bicyclic) bond motifs is 1.